The van der Waals surface area contributed by atoms with E-state index in [0.717, 1.165) is 16.1 Å². The van der Waals surface area contributed by atoms with Crippen LogP contribution in [0.2, 0.25) is 0 Å². The molecule has 0 atom stereocenters. The zero-order chi connectivity index (χ0) is 25.8. The Balaban J connectivity index is 1.91. The number of rotatable bonds is 9. The summed E-state index contributed by atoms with van der Waals surface area (Å²) in [6, 6.07) is 9.08. The average Bonchev–Trinajstić information content (AvgIpc) is 2.82. The van der Waals surface area contributed by atoms with Crippen LogP contribution in [-0.4, -0.2) is 80.4 Å². The lowest BCUT2D eigenvalue weighted by atomic mass is 10.2. The molecule has 1 aliphatic rings. The summed E-state index contributed by atoms with van der Waals surface area (Å²) in [5, 5.41) is 2.58. The highest BCUT2D eigenvalue weighted by Gasteiger charge is 2.28. The van der Waals surface area contributed by atoms with E-state index in [1.807, 2.05) is 0 Å². The summed E-state index contributed by atoms with van der Waals surface area (Å²) in [4.78, 5) is 12.9. The van der Waals surface area contributed by atoms with E-state index in [-0.39, 0.29) is 40.9 Å². The van der Waals surface area contributed by atoms with Crippen molar-refractivity contribution in [3.8, 4) is 11.5 Å². The Kier molecular flexibility index (Phi) is 8.26. The zero-order valence-electron chi connectivity index (χ0n) is 20.0. The van der Waals surface area contributed by atoms with Gasteiger partial charge < -0.3 is 19.5 Å². The summed E-state index contributed by atoms with van der Waals surface area (Å²) in [5.41, 5.74) is 1.08. The lowest BCUT2D eigenvalue weighted by Crippen LogP contribution is -2.40. The first-order valence-corrected chi connectivity index (χ1v) is 13.9. The maximum atomic E-state index is 13.0. The number of carbonyl (C=O) groups is 1. The number of carbonyl (C=O) groups excluding carboxylic acids is 1. The molecule has 13 heteroatoms. The normalized spacial score (nSPS) is 14.9. The Morgan fingerprint density at radius 1 is 1.03 bits per heavy atom. The minimum absolute atomic E-state index is 0.0316. The fourth-order valence-corrected chi connectivity index (χ4v) is 5.86. The Morgan fingerprint density at radius 3 is 2.26 bits per heavy atom. The van der Waals surface area contributed by atoms with Crippen LogP contribution in [0.5, 0.6) is 11.5 Å². The van der Waals surface area contributed by atoms with Crippen LogP contribution >= 0.6 is 0 Å². The molecular weight excluding hydrogens is 498 g/mol. The van der Waals surface area contributed by atoms with Crippen molar-refractivity contribution in [3.05, 3.63) is 42.0 Å². The Bertz CT molecular complexity index is 1290. The van der Waals surface area contributed by atoms with Gasteiger partial charge in [-0.3, -0.25) is 9.10 Å². The second-order valence-corrected chi connectivity index (χ2v) is 11.7. The molecule has 0 bridgehead atoms. The van der Waals surface area contributed by atoms with Gasteiger partial charge in [0.15, 0.2) is 0 Å². The fourth-order valence-electron chi connectivity index (χ4n) is 3.58. The molecule has 11 nitrogen and oxygen atoms in total. The number of hydrogen-bond donors (Lipinski definition) is 1. The number of ether oxygens (including phenoxy) is 3. The molecule has 0 aliphatic carbocycles. The highest BCUT2D eigenvalue weighted by atomic mass is 32.2. The molecule has 1 amide bonds. The zero-order valence-corrected chi connectivity index (χ0v) is 21.6. The summed E-state index contributed by atoms with van der Waals surface area (Å²) >= 11 is 0. The van der Waals surface area contributed by atoms with Crippen molar-refractivity contribution in [2.45, 2.75) is 11.8 Å². The number of benzene rings is 2. The standard InChI is InChI=1S/C22H29N3O8S2/c1-16-5-7-21(32-3)19(13-16)25(34(4,27)28)15-22(26)23-18-14-17(6-8-20(18)31-2)35(29,30)24-9-11-33-12-10-24/h5-8,13-14H,9-12,15H2,1-4H3,(H,23,26). The number of methoxy groups -OCH3 is 2. The third kappa shape index (κ3) is 6.23. The minimum Gasteiger partial charge on any atom is -0.495 e. The van der Waals surface area contributed by atoms with Gasteiger partial charge in [-0.1, -0.05) is 6.07 Å². The van der Waals surface area contributed by atoms with E-state index >= 15 is 0 Å². The van der Waals surface area contributed by atoms with Gasteiger partial charge in [-0.2, -0.15) is 4.31 Å². The summed E-state index contributed by atoms with van der Waals surface area (Å²) in [6.45, 7) is 2.25. The first-order chi connectivity index (χ1) is 16.5. The van der Waals surface area contributed by atoms with Gasteiger partial charge in [-0.25, -0.2) is 16.8 Å². The van der Waals surface area contributed by atoms with Crippen LogP contribution in [0.3, 0.4) is 0 Å². The lowest BCUT2D eigenvalue weighted by Gasteiger charge is -2.26. The third-order valence-corrected chi connectivity index (χ3v) is 8.36. The van der Waals surface area contributed by atoms with Crippen molar-refractivity contribution in [1.29, 1.82) is 0 Å². The van der Waals surface area contributed by atoms with E-state index in [9.17, 15) is 21.6 Å². The SMILES string of the molecule is COc1ccc(S(=O)(=O)N2CCOCC2)cc1NC(=O)CN(c1cc(C)ccc1OC)S(C)(=O)=O. The summed E-state index contributed by atoms with van der Waals surface area (Å²) in [6.07, 6.45) is 0.984. The molecule has 1 aliphatic heterocycles. The number of nitrogens with one attached hydrogen (secondary N) is 1. The van der Waals surface area contributed by atoms with E-state index in [2.05, 4.69) is 5.32 Å². The number of morpholine rings is 1. The van der Waals surface area contributed by atoms with Gasteiger partial charge >= 0.3 is 0 Å². The van der Waals surface area contributed by atoms with E-state index in [4.69, 9.17) is 14.2 Å². The summed E-state index contributed by atoms with van der Waals surface area (Å²) in [7, 11) is -4.91. The molecule has 192 valence electrons. The maximum Gasteiger partial charge on any atom is 0.245 e. The largest absolute Gasteiger partial charge is 0.495 e. The van der Waals surface area contributed by atoms with E-state index in [0.29, 0.717) is 13.2 Å². The number of amides is 1. The Morgan fingerprint density at radius 2 is 1.66 bits per heavy atom. The van der Waals surface area contributed by atoms with Crippen LogP contribution in [-0.2, 0) is 29.6 Å². The predicted octanol–water partition coefficient (Wildman–Crippen LogP) is 1.44. The molecule has 2 aromatic carbocycles. The molecular formula is C22H29N3O8S2. The van der Waals surface area contributed by atoms with Gasteiger partial charge in [0.1, 0.15) is 18.0 Å². The lowest BCUT2D eigenvalue weighted by molar-refractivity contribution is -0.114. The molecule has 0 saturated carbocycles. The number of hydrogen-bond acceptors (Lipinski definition) is 8. The average molecular weight is 528 g/mol. The van der Waals surface area contributed by atoms with Crippen LogP contribution in [0.1, 0.15) is 5.56 Å². The quantitative estimate of drug-likeness (QED) is 0.518. The molecule has 0 aromatic heterocycles. The number of nitrogens with zero attached hydrogens (tertiary/aromatic N) is 2. The third-order valence-electron chi connectivity index (χ3n) is 5.34. The van der Waals surface area contributed by atoms with Gasteiger partial charge in [0.2, 0.25) is 26.0 Å². The molecule has 0 spiro atoms. The van der Waals surface area contributed by atoms with Gasteiger partial charge in [0.05, 0.1) is 50.0 Å². The van der Waals surface area contributed by atoms with Crippen molar-refractivity contribution < 1.29 is 35.8 Å². The monoisotopic (exact) mass is 527 g/mol. The maximum absolute atomic E-state index is 13.0. The van der Waals surface area contributed by atoms with Gasteiger partial charge in [-0.05, 0) is 42.8 Å². The van der Waals surface area contributed by atoms with Crippen LogP contribution in [0, 0.1) is 6.92 Å². The van der Waals surface area contributed by atoms with Gasteiger partial charge in [-0.15, -0.1) is 0 Å². The molecule has 0 radical (unpaired) electrons. The molecule has 1 heterocycles. The smallest absolute Gasteiger partial charge is 0.245 e. The fraction of sp³-hybridized carbons (Fsp3) is 0.409. The van der Waals surface area contributed by atoms with Crippen LogP contribution in [0.15, 0.2) is 41.3 Å². The second kappa shape index (κ2) is 10.8. The number of aryl methyl sites for hydroxylation is 1. The number of sulfonamides is 2. The summed E-state index contributed by atoms with van der Waals surface area (Å²) in [5.74, 6) is -0.193. The van der Waals surface area contributed by atoms with E-state index in [1.165, 1.54) is 36.7 Å². The molecule has 2 aromatic rings. The molecule has 1 N–H and O–H groups in total. The van der Waals surface area contributed by atoms with Crippen molar-refractivity contribution >= 4 is 37.3 Å². The van der Waals surface area contributed by atoms with Crippen molar-refractivity contribution in [2.75, 3.05) is 62.9 Å². The predicted molar refractivity (Wildman–Crippen MR) is 131 cm³/mol. The molecule has 3 rings (SSSR count). The molecule has 35 heavy (non-hydrogen) atoms. The molecule has 1 saturated heterocycles. The van der Waals surface area contributed by atoms with Crippen LogP contribution < -0.4 is 19.1 Å². The van der Waals surface area contributed by atoms with Crippen LogP contribution in [0.25, 0.3) is 0 Å². The molecule has 0 unspecified atom stereocenters. The summed E-state index contributed by atoms with van der Waals surface area (Å²) < 4.78 is 69.2. The topological polar surface area (TPSA) is 132 Å². The second-order valence-electron chi connectivity index (χ2n) is 7.87. The Labute approximate surface area is 205 Å². The Hall–Kier alpha value is -2.87. The molecule has 1 fully saturated rings. The highest BCUT2D eigenvalue weighted by molar-refractivity contribution is 7.92. The van der Waals surface area contributed by atoms with Crippen molar-refractivity contribution in [1.82, 2.24) is 4.31 Å². The first kappa shape index (κ1) is 26.7. The van der Waals surface area contributed by atoms with Crippen molar-refractivity contribution in [2.24, 2.45) is 0 Å². The van der Waals surface area contributed by atoms with E-state index < -0.39 is 32.5 Å². The first-order valence-electron chi connectivity index (χ1n) is 10.7. The number of anilines is 2. The van der Waals surface area contributed by atoms with Gasteiger partial charge in [0, 0.05) is 13.1 Å². The van der Waals surface area contributed by atoms with Crippen LogP contribution in [0.4, 0.5) is 11.4 Å². The van der Waals surface area contributed by atoms with Crippen molar-refractivity contribution in [3.63, 3.8) is 0 Å². The minimum atomic E-state index is -3.87. The van der Waals surface area contributed by atoms with E-state index in [1.54, 1.807) is 25.1 Å². The highest BCUT2D eigenvalue weighted by Crippen LogP contribution is 2.32. The van der Waals surface area contributed by atoms with Gasteiger partial charge in [0.25, 0.3) is 0 Å².